The summed E-state index contributed by atoms with van der Waals surface area (Å²) in [6.07, 6.45) is 4.05. The van der Waals surface area contributed by atoms with Crippen LogP contribution in [0.5, 0.6) is 0 Å². The van der Waals surface area contributed by atoms with Crippen LogP contribution in [0.2, 0.25) is 0 Å². The molecule has 2 aliphatic carbocycles. The normalized spacial score (nSPS) is 42.4. The van der Waals surface area contributed by atoms with Gasteiger partial charge in [0.15, 0.2) is 5.90 Å². The topological polar surface area (TPSA) is 30.8 Å². The van der Waals surface area contributed by atoms with E-state index in [0.29, 0.717) is 28.9 Å². The molecule has 3 nitrogen and oxygen atoms in total. The van der Waals surface area contributed by atoms with Crippen molar-refractivity contribution in [2.24, 2.45) is 21.7 Å². The van der Waals surface area contributed by atoms with E-state index in [4.69, 9.17) is 14.5 Å². The third-order valence-corrected chi connectivity index (χ3v) is 6.06. The molecule has 0 spiro atoms. The Morgan fingerprint density at radius 1 is 1.37 bits per heavy atom. The Labute approximate surface area is 116 Å². The van der Waals surface area contributed by atoms with Crippen LogP contribution >= 0.6 is 0 Å². The maximum atomic E-state index is 6.17. The lowest BCUT2D eigenvalue weighted by molar-refractivity contribution is 0.0752. The van der Waals surface area contributed by atoms with Crippen molar-refractivity contribution in [3.8, 4) is 0 Å². The van der Waals surface area contributed by atoms with Crippen LogP contribution in [0.15, 0.2) is 4.99 Å². The minimum Gasteiger partial charge on any atom is -0.475 e. The fraction of sp³-hybridized carbons (Fsp3) is 0.938. The van der Waals surface area contributed by atoms with E-state index < -0.39 is 0 Å². The number of aliphatic imine (C=N–C) groups is 1. The molecule has 1 aliphatic heterocycles. The minimum atomic E-state index is 0.286. The Morgan fingerprint density at radius 3 is 2.74 bits per heavy atom. The molecule has 4 atom stereocenters. The third kappa shape index (κ3) is 1.77. The summed E-state index contributed by atoms with van der Waals surface area (Å²) in [4.78, 5) is 4.91. The summed E-state index contributed by atoms with van der Waals surface area (Å²) in [5.41, 5.74) is 0.689. The quantitative estimate of drug-likeness (QED) is 0.779. The van der Waals surface area contributed by atoms with Gasteiger partial charge in [-0.05, 0) is 37.5 Å². The number of fused-ring (bicyclic) bond motifs is 5. The average Bonchev–Trinajstić information content (AvgIpc) is 2.85. The first-order valence-electron chi connectivity index (χ1n) is 7.71. The molecule has 3 rings (SSSR count). The first kappa shape index (κ1) is 13.4. The highest BCUT2D eigenvalue weighted by Gasteiger charge is 2.69. The highest BCUT2D eigenvalue weighted by molar-refractivity contribution is 5.78. The first-order valence-corrected chi connectivity index (χ1v) is 7.71. The molecule has 3 aliphatic rings. The lowest BCUT2D eigenvalue weighted by atomic mass is 9.69. The average molecular weight is 265 g/mol. The molecule has 0 radical (unpaired) electrons. The van der Waals surface area contributed by atoms with E-state index in [1.54, 1.807) is 0 Å². The van der Waals surface area contributed by atoms with Gasteiger partial charge in [0.1, 0.15) is 6.10 Å². The van der Waals surface area contributed by atoms with Gasteiger partial charge >= 0.3 is 0 Å². The third-order valence-electron chi connectivity index (χ3n) is 6.06. The van der Waals surface area contributed by atoms with Crippen LogP contribution < -0.4 is 0 Å². The zero-order valence-electron chi connectivity index (χ0n) is 12.9. The maximum Gasteiger partial charge on any atom is 0.186 e. The Morgan fingerprint density at radius 2 is 2.11 bits per heavy atom. The number of ether oxygens (including phenoxy) is 2. The van der Waals surface area contributed by atoms with Crippen molar-refractivity contribution in [3.63, 3.8) is 0 Å². The number of hydrogen-bond donors (Lipinski definition) is 0. The summed E-state index contributed by atoms with van der Waals surface area (Å²) in [5, 5.41) is 0. The smallest absolute Gasteiger partial charge is 0.186 e. The second kappa shape index (κ2) is 4.21. The van der Waals surface area contributed by atoms with Crippen molar-refractivity contribution < 1.29 is 9.47 Å². The van der Waals surface area contributed by atoms with E-state index in [-0.39, 0.29) is 6.10 Å². The van der Waals surface area contributed by atoms with E-state index in [9.17, 15) is 0 Å². The van der Waals surface area contributed by atoms with E-state index in [1.165, 1.54) is 12.8 Å². The zero-order valence-corrected chi connectivity index (χ0v) is 12.9. The van der Waals surface area contributed by atoms with E-state index in [2.05, 4.69) is 34.6 Å². The van der Waals surface area contributed by atoms with Crippen LogP contribution in [0.1, 0.15) is 53.9 Å². The summed E-state index contributed by atoms with van der Waals surface area (Å²) in [6, 6.07) is 0.385. The molecule has 2 bridgehead atoms. The molecule has 0 aromatic heterocycles. The Balaban J connectivity index is 1.69. The standard InChI is InChI=1S/C16H27NO2/c1-10(2)18-9-7-12-17-14-13(19-12)11-6-8-16(14,5)15(11,3)4/h10-11,13-14H,6-9H2,1-5H3/t11?,13?,14-,16?/m1/s1. The summed E-state index contributed by atoms with van der Waals surface area (Å²) >= 11 is 0. The zero-order chi connectivity index (χ0) is 13.8. The Hall–Kier alpha value is -0.570. The van der Waals surface area contributed by atoms with E-state index in [0.717, 1.165) is 18.9 Å². The van der Waals surface area contributed by atoms with Gasteiger partial charge in [-0.15, -0.1) is 0 Å². The van der Waals surface area contributed by atoms with Gasteiger partial charge in [0, 0.05) is 12.3 Å². The van der Waals surface area contributed by atoms with Gasteiger partial charge in [0.25, 0.3) is 0 Å². The van der Waals surface area contributed by atoms with Crippen molar-refractivity contribution in [1.29, 1.82) is 0 Å². The predicted molar refractivity (Wildman–Crippen MR) is 76.4 cm³/mol. The van der Waals surface area contributed by atoms with Crippen molar-refractivity contribution in [2.75, 3.05) is 6.61 Å². The lowest BCUT2D eigenvalue weighted by Crippen LogP contribution is -2.36. The molecule has 2 saturated carbocycles. The van der Waals surface area contributed by atoms with Crippen LogP contribution in [0.4, 0.5) is 0 Å². The van der Waals surface area contributed by atoms with Crippen LogP contribution in [0, 0.1) is 16.7 Å². The second-order valence-corrected chi connectivity index (χ2v) is 7.50. The minimum absolute atomic E-state index is 0.286. The van der Waals surface area contributed by atoms with Gasteiger partial charge in [-0.25, -0.2) is 4.99 Å². The van der Waals surface area contributed by atoms with Crippen molar-refractivity contribution >= 4 is 5.90 Å². The van der Waals surface area contributed by atoms with E-state index in [1.807, 2.05) is 0 Å². The van der Waals surface area contributed by atoms with Gasteiger partial charge in [-0.1, -0.05) is 20.8 Å². The molecule has 2 fully saturated rings. The summed E-state index contributed by atoms with van der Waals surface area (Å²) in [5.74, 6) is 1.61. The van der Waals surface area contributed by atoms with Crippen LogP contribution in [-0.4, -0.2) is 30.8 Å². The summed E-state index contributed by atoms with van der Waals surface area (Å²) < 4.78 is 11.8. The Bertz CT molecular complexity index is 402. The molecular formula is C16H27NO2. The van der Waals surface area contributed by atoms with Crippen molar-refractivity contribution in [3.05, 3.63) is 0 Å². The van der Waals surface area contributed by atoms with Crippen LogP contribution in [0.3, 0.4) is 0 Å². The highest BCUT2D eigenvalue weighted by atomic mass is 16.5. The van der Waals surface area contributed by atoms with Gasteiger partial charge in [-0.3, -0.25) is 0 Å². The van der Waals surface area contributed by atoms with Gasteiger partial charge in [-0.2, -0.15) is 0 Å². The van der Waals surface area contributed by atoms with Crippen molar-refractivity contribution in [2.45, 2.75) is 72.1 Å². The first-order chi connectivity index (χ1) is 8.86. The van der Waals surface area contributed by atoms with Crippen LogP contribution in [-0.2, 0) is 9.47 Å². The predicted octanol–water partition coefficient (Wildman–Crippen LogP) is 3.42. The molecular weight excluding hydrogens is 238 g/mol. The molecule has 0 amide bonds. The fourth-order valence-corrected chi connectivity index (χ4v) is 4.46. The molecule has 0 aromatic carbocycles. The van der Waals surface area contributed by atoms with Crippen LogP contribution in [0.25, 0.3) is 0 Å². The lowest BCUT2D eigenvalue weighted by Gasteiger charge is -2.36. The second-order valence-electron chi connectivity index (χ2n) is 7.50. The highest BCUT2D eigenvalue weighted by Crippen LogP contribution is 2.68. The monoisotopic (exact) mass is 265 g/mol. The Kier molecular flexibility index (Phi) is 2.97. The molecule has 3 heteroatoms. The van der Waals surface area contributed by atoms with Gasteiger partial charge in [0.2, 0.25) is 0 Å². The molecule has 0 N–H and O–H groups in total. The number of hydrogen-bond acceptors (Lipinski definition) is 3. The molecule has 0 aromatic rings. The van der Waals surface area contributed by atoms with E-state index >= 15 is 0 Å². The maximum absolute atomic E-state index is 6.17. The molecule has 108 valence electrons. The summed E-state index contributed by atoms with van der Waals surface area (Å²) in [7, 11) is 0. The largest absolute Gasteiger partial charge is 0.475 e. The molecule has 0 saturated heterocycles. The van der Waals surface area contributed by atoms with Crippen molar-refractivity contribution in [1.82, 2.24) is 0 Å². The summed E-state index contributed by atoms with van der Waals surface area (Å²) in [6.45, 7) is 12.1. The molecule has 1 heterocycles. The SMILES string of the molecule is CC(C)OCCC1=N[C@@H]2C(O1)C1CCC2(C)C1(C)C. The number of nitrogens with zero attached hydrogens (tertiary/aromatic N) is 1. The molecule has 19 heavy (non-hydrogen) atoms. The molecule has 3 unspecified atom stereocenters. The van der Waals surface area contributed by atoms with Gasteiger partial charge < -0.3 is 9.47 Å². The van der Waals surface area contributed by atoms with Gasteiger partial charge in [0.05, 0.1) is 18.8 Å². The number of rotatable bonds is 4. The fourth-order valence-electron chi connectivity index (χ4n) is 4.46.